The van der Waals surface area contributed by atoms with Gasteiger partial charge < -0.3 is 4.74 Å². The van der Waals surface area contributed by atoms with Gasteiger partial charge in [0.05, 0.1) is 37.0 Å². The molecule has 1 aromatic carbocycles. The van der Waals surface area contributed by atoms with E-state index in [-0.39, 0.29) is 23.1 Å². The van der Waals surface area contributed by atoms with Gasteiger partial charge in [-0.2, -0.15) is 13.2 Å². The van der Waals surface area contributed by atoms with E-state index in [1.807, 2.05) is 31.3 Å². The highest BCUT2D eigenvalue weighted by molar-refractivity contribution is 5.58. The van der Waals surface area contributed by atoms with Crippen molar-refractivity contribution in [2.24, 2.45) is 5.92 Å². The van der Waals surface area contributed by atoms with Crippen LogP contribution < -0.4 is 5.69 Å². The number of hydrogen-bond acceptors (Lipinski definition) is 5. The first-order chi connectivity index (χ1) is 20.8. The summed E-state index contributed by atoms with van der Waals surface area (Å²) < 4.78 is 52.2. The molecule has 6 rings (SSSR count). The smallest absolute Gasteiger partial charge is 0.379 e. The number of fused-ring (bicyclic) bond motifs is 1. The average Bonchev–Trinajstić information content (AvgIpc) is 3.41. The molecule has 11 heteroatoms. The van der Waals surface area contributed by atoms with Crippen molar-refractivity contribution in [3.8, 4) is 5.69 Å². The number of aromatic nitrogens is 2. The van der Waals surface area contributed by atoms with Crippen LogP contribution in [-0.2, 0) is 16.3 Å². The summed E-state index contributed by atoms with van der Waals surface area (Å²) >= 11 is 0. The van der Waals surface area contributed by atoms with Crippen LogP contribution in [0.5, 0.6) is 0 Å². The molecule has 3 aliphatic heterocycles. The number of likely N-dealkylation sites (tertiary alicyclic amines) is 1. The number of pyridine rings is 1. The zero-order chi connectivity index (χ0) is 31.6. The third kappa shape index (κ3) is 5.22. The Morgan fingerprint density at radius 2 is 1.95 bits per heavy atom. The van der Waals surface area contributed by atoms with Crippen molar-refractivity contribution >= 4 is 5.52 Å². The first-order valence-electron chi connectivity index (χ1n) is 15.5. The largest absolute Gasteiger partial charge is 0.418 e. The third-order valence-corrected chi connectivity index (χ3v) is 10.4. The lowest BCUT2D eigenvalue weighted by atomic mass is 9.74. The predicted molar refractivity (Wildman–Crippen MR) is 164 cm³/mol. The topological polar surface area (TPSA) is 45.4 Å². The average molecular weight is 614 g/mol. The standard InChI is InChI=1S/C33H44F3N6O2/c1-7-42(6)22-37(4)30(38(42)5)16-32(20-44-21-32)26-11-8-12-27(15-26)40-19-29-28(33(34,35)36)14-25(18-41(29)31(40)43)24(3)39-13-9-10-23(2)17-39/h7-8,11-12,14-15,18-19,23-24,30H,1,9-10,13,16-17,20-22H2,2-6H3/q+1/t23-,24?,30?,42?/m0/s1. The number of imidazole rings is 1. The first kappa shape index (κ1) is 31.0. The van der Waals surface area contributed by atoms with Gasteiger partial charge in [-0.1, -0.05) is 19.1 Å². The monoisotopic (exact) mass is 613 g/mol. The van der Waals surface area contributed by atoms with Gasteiger partial charge in [0, 0.05) is 37.4 Å². The van der Waals surface area contributed by atoms with Gasteiger partial charge in [-0.3, -0.25) is 13.9 Å². The van der Waals surface area contributed by atoms with E-state index in [9.17, 15) is 18.0 Å². The SMILES string of the molecule is C=C[N+]1(C)CN(C)C(CC2(c3cccc(-n4cc5c(C(F)(F)F)cc(C(C)N6CCC[C@H](C)C6)cn5c4=O)c3)COC2)N1C. The lowest BCUT2D eigenvalue weighted by molar-refractivity contribution is -0.963. The molecule has 3 saturated heterocycles. The maximum Gasteiger partial charge on any atom is 0.418 e. The maximum atomic E-state index is 14.5. The normalized spacial score (nSPS) is 27.5. The first-order valence-corrected chi connectivity index (χ1v) is 15.5. The lowest BCUT2D eigenvalue weighted by Gasteiger charge is -2.45. The summed E-state index contributed by atoms with van der Waals surface area (Å²) in [6, 6.07) is 8.61. The van der Waals surface area contributed by atoms with E-state index in [0.29, 0.717) is 35.0 Å². The highest BCUT2D eigenvalue weighted by atomic mass is 19.4. The zero-order valence-corrected chi connectivity index (χ0v) is 26.3. The summed E-state index contributed by atoms with van der Waals surface area (Å²) in [5.41, 5.74) is 0.300. The lowest BCUT2D eigenvalue weighted by Crippen LogP contribution is -2.54. The number of piperidine rings is 1. The summed E-state index contributed by atoms with van der Waals surface area (Å²) in [6.45, 7) is 11.7. The number of quaternary nitrogens is 1. The number of ether oxygens (including phenoxy) is 1. The quantitative estimate of drug-likeness (QED) is 0.342. The molecule has 0 bridgehead atoms. The van der Waals surface area contributed by atoms with Crippen LogP contribution in [0.4, 0.5) is 13.2 Å². The van der Waals surface area contributed by atoms with E-state index in [4.69, 9.17) is 4.74 Å². The second-order valence-electron chi connectivity index (χ2n) is 13.5. The van der Waals surface area contributed by atoms with E-state index in [1.54, 1.807) is 12.3 Å². The minimum Gasteiger partial charge on any atom is -0.379 e. The van der Waals surface area contributed by atoms with Gasteiger partial charge in [-0.15, -0.1) is 5.01 Å². The molecule has 3 unspecified atom stereocenters. The molecule has 3 aromatic rings. The highest BCUT2D eigenvalue weighted by Crippen LogP contribution is 2.41. The third-order valence-electron chi connectivity index (χ3n) is 10.4. The molecule has 4 atom stereocenters. The van der Waals surface area contributed by atoms with Gasteiger partial charge in [-0.25, -0.2) is 14.3 Å². The second-order valence-corrected chi connectivity index (χ2v) is 13.5. The Kier molecular flexibility index (Phi) is 7.85. The summed E-state index contributed by atoms with van der Waals surface area (Å²) in [5.74, 6) is 0.484. The van der Waals surface area contributed by atoms with Crippen LogP contribution >= 0.6 is 0 Å². The molecule has 3 fully saturated rings. The van der Waals surface area contributed by atoms with Crippen LogP contribution in [0.25, 0.3) is 11.2 Å². The molecule has 0 N–H and O–H groups in total. The van der Waals surface area contributed by atoms with Crippen LogP contribution in [0.2, 0.25) is 0 Å². The van der Waals surface area contributed by atoms with Crippen molar-refractivity contribution < 1.29 is 22.5 Å². The van der Waals surface area contributed by atoms with Gasteiger partial charge >= 0.3 is 11.9 Å². The van der Waals surface area contributed by atoms with Gasteiger partial charge in [0.15, 0.2) is 6.67 Å². The molecule has 0 spiro atoms. The number of nitrogens with zero attached hydrogens (tertiary/aromatic N) is 6. The van der Waals surface area contributed by atoms with E-state index >= 15 is 0 Å². The van der Waals surface area contributed by atoms with Crippen LogP contribution in [0.1, 0.15) is 55.8 Å². The van der Waals surface area contributed by atoms with Gasteiger partial charge in [-0.05, 0) is 81.6 Å². The Morgan fingerprint density at radius 1 is 1.20 bits per heavy atom. The number of halogens is 3. The molecule has 238 valence electrons. The molecule has 8 nitrogen and oxygen atoms in total. The molecular formula is C33H44F3N6O2+. The minimum atomic E-state index is -4.61. The van der Waals surface area contributed by atoms with Crippen molar-refractivity contribution in [3.63, 3.8) is 0 Å². The van der Waals surface area contributed by atoms with Gasteiger partial charge in [0.2, 0.25) is 0 Å². The highest BCUT2D eigenvalue weighted by Gasteiger charge is 2.50. The number of rotatable bonds is 7. The van der Waals surface area contributed by atoms with Crippen LogP contribution in [0.3, 0.4) is 0 Å². The number of alkyl halides is 3. The van der Waals surface area contributed by atoms with Crippen molar-refractivity contribution in [2.45, 2.75) is 56.9 Å². The van der Waals surface area contributed by atoms with E-state index in [0.717, 1.165) is 44.6 Å². The fourth-order valence-electron chi connectivity index (χ4n) is 7.43. The van der Waals surface area contributed by atoms with Crippen LogP contribution in [-0.4, -0.2) is 88.6 Å². The molecule has 0 aliphatic carbocycles. The van der Waals surface area contributed by atoms with Gasteiger partial charge in [0.1, 0.15) is 12.4 Å². The summed E-state index contributed by atoms with van der Waals surface area (Å²) in [7, 11) is 6.31. The Hall–Kier alpha value is -2.96. The van der Waals surface area contributed by atoms with E-state index in [1.165, 1.54) is 21.2 Å². The zero-order valence-electron chi connectivity index (χ0n) is 26.3. The molecule has 5 heterocycles. The van der Waals surface area contributed by atoms with Crippen LogP contribution in [0.15, 0.2) is 60.3 Å². The second kappa shape index (κ2) is 11.1. The van der Waals surface area contributed by atoms with E-state index < -0.39 is 17.4 Å². The molecule has 0 saturated carbocycles. The molecular weight excluding hydrogens is 569 g/mol. The number of hydrogen-bond donors (Lipinski definition) is 0. The van der Waals surface area contributed by atoms with Crippen molar-refractivity contribution in [1.82, 2.24) is 23.8 Å². The summed E-state index contributed by atoms with van der Waals surface area (Å²) in [6.07, 6.45) is 3.30. The number of benzene rings is 1. The minimum absolute atomic E-state index is 0.128. The maximum absolute atomic E-state index is 14.5. The molecule has 3 aliphatic rings. The molecule has 44 heavy (non-hydrogen) atoms. The predicted octanol–water partition coefficient (Wildman–Crippen LogP) is 5.23. The summed E-state index contributed by atoms with van der Waals surface area (Å²) in [5, 5.41) is 2.28. The molecule has 0 radical (unpaired) electrons. The van der Waals surface area contributed by atoms with Gasteiger partial charge in [0.25, 0.3) is 0 Å². The van der Waals surface area contributed by atoms with E-state index in [2.05, 4.69) is 49.5 Å². The fraction of sp³-hybridized carbons (Fsp3) is 0.545. The fourth-order valence-corrected chi connectivity index (χ4v) is 7.43. The Morgan fingerprint density at radius 3 is 2.57 bits per heavy atom. The Labute approximate surface area is 257 Å². The van der Waals surface area contributed by atoms with Crippen molar-refractivity contribution in [3.05, 3.63) is 82.7 Å². The van der Waals surface area contributed by atoms with Crippen LogP contribution in [0, 0.1) is 5.92 Å². The Bertz CT molecular complexity index is 1610. The molecule has 2 aromatic heterocycles. The summed E-state index contributed by atoms with van der Waals surface area (Å²) in [4.78, 5) is 18.3. The Balaban J connectivity index is 1.38. The van der Waals surface area contributed by atoms with Crippen molar-refractivity contribution in [1.29, 1.82) is 0 Å². The molecule has 0 amide bonds. The van der Waals surface area contributed by atoms with Crippen molar-refractivity contribution in [2.75, 3.05) is 54.1 Å².